The molecule has 0 amide bonds. The molecule has 0 aromatic heterocycles. The Morgan fingerprint density at radius 3 is 1.65 bits per heavy atom. The van der Waals surface area contributed by atoms with Crippen LogP contribution < -0.4 is 22.5 Å². The molecule has 0 heterocycles. The van der Waals surface area contributed by atoms with Crippen LogP contribution in [0, 0.1) is 0 Å². The molecule has 2 atom stereocenters. The number of hydrogen-bond acceptors (Lipinski definition) is 11. The number of rotatable bonds is 8. The minimum Gasteiger partial charge on any atom is -0.353 e. The molecule has 0 saturated carbocycles. The van der Waals surface area contributed by atoms with Gasteiger partial charge in [-0.15, -0.1) is 0 Å². The summed E-state index contributed by atoms with van der Waals surface area (Å²) in [6.07, 6.45) is 0. The molecule has 17 heavy (non-hydrogen) atoms. The number of nitrogens with two attached hydrogens (primary N) is 2. The van der Waals surface area contributed by atoms with E-state index in [9.17, 15) is 9.59 Å². The molecule has 0 radical (unpaired) electrons. The third-order valence-corrected chi connectivity index (χ3v) is 2.76. The van der Waals surface area contributed by atoms with Crippen molar-refractivity contribution >= 4 is 49.5 Å². The lowest BCUT2D eigenvalue weighted by Crippen LogP contribution is -2.44. The second kappa shape index (κ2) is 9.82. The van der Waals surface area contributed by atoms with Crippen molar-refractivity contribution in [3.05, 3.63) is 0 Å². The van der Waals surface area contributed by atoms with E-state index in [1.165, 1.54) is 0 Å². The first-order valence-corrected chi connectivity index (χ1v) is 6.26. The average molecular weight is 302 g/mol. The van der Waals surface area contributed by atoms with Gasteiger partial charge in [0.05, 0.1) is 0 Å². The molecule has 0 aliphatic carbocycles. The van der Waals surface area contributed by atoms with Crippen molar-refractivity contribution in [3.63, 3.8) is 0 Å². The topological polar surface area (TPSA) is 129 Å². The van der Waals surface area contributed by atoms with Crippen LogP contribution in [0.15, 0.2) is 0 Å². The molecule has 0 unspecified atom stereocenters. The van der Waals surface area contributed by atoms with E-state index in [2.05, 4.69) is 44.5 Å². The van der Waals surface area contributed by atoms with Gasteiger partial charge >= 0.3 is 11.9 Å². The predicted octanol–water partition coefficient (Wildman–Crippen LogP) is -1.84. The van der Waals surface area contributed by atoms with E-state index >= 15 is 0 Å². The fraction of sp³-hybridized carbons (Fsp3) is 0.667. The maximum absolute atomic E-state index is 11.2. The third kappa shape index (κ3) is 6.35. The predicted molar refractivity (Wildman–Crippen MR) is 69.7 cm³/mol. The smallest absolute Gasteiger partial charge is 0.340 e. The van der Waals surface area contributed by atoms with Crippen LogP contribution in [0.2, 0.25) is 0 Å². The molecule has 0 saturated heterocycles. The second-order valence-corrected chi connectivity index (χ2v) is 3.88. The van der Waals surface area contributed by atoms with Crippen molar-refractivity contribution in [2.75, 3.05) is 11.5 Å². The van der Waals surface area contributed by atoms with Crippen LogP contribution >= 0.6 is 37.6 Å². The van der Waals surface area contributed by atoms with E-state index in [-0.39, 0.29) is 23.8 Å². The largest absolute Gasteiger partial charge is 0.353 e. The fourth-order valence-corrected chi connectivity index (χ4v) is 1.50. The van der Waals surface area contributed by atoms with Gasteiger partial charge in [0.15, 0.2) is 0 Å². The molecule has 6 N–H and O–H groups in total. The summed E-state index contributed by atoms with van der Waals surface area (Å²) >= 11 is 7.96. The Hall–Kier alpha value is -0.170. The van der Waals surface area contributed by atoms with E-state index < -0.39 is 24.0 Å². The molecular weight excluding hydrogens is 288 g/mol. The fourth-order valence-electron chi connectivity index (χ4n) is 0.591. The van der Waals surface area contributed by atoms with E-state index in [0.717, 1.165) is 0 Å². The lowest BCUT2D eigenvalue weighted by Gasteiger charge is -2.12. The molecule has 0 aromatic rings. The minimum absolute atomic E-state index is 0.146. The molecule has 0 spiro atoms. The van der Waals surface area contributed by atoms with Gasteiger partial charge in [0.1, 0.15) is 12.1 Å². The Labute approximate surface area is 114 Å². The Morgan fingerprint density at radius 1 is 1.06 bits per heavy atom. The summed E-state index contributed by atoms with van der Waals surface area (Å²) in [6.45, 7) is 0. The van der Waals surface area contributed by atoms with Crippen LogP contribution in [0.1, 0.15) is 0 Å². The standard InChI is InChI=1S/C6H14N4O4S3/c7-9-3(1-15)5(11)13-17-14-6(12)4(2-16)10-8/h3-4,9-10,15-16H,1-2,7-8H2/t3-,4-/m0/s1. The van der Waals surface area contributed by atoms with Gasteiger partial charge in [0, 0.05) is 11.5 Å². The highest BCUT2D eigenvalue weighted by atomic mass is 32.2. The van der Waals surface area contributed by atoms with Gasteiger partial charge in [-0.2, -0.15) is 25.3 Å². The lowest BCUT2D eigenvalue weighted by atomic mass is 10.4. The highest BCUT2D eigenvalue weighted by Crippen LogP contribution is 2.09. The molecular formula is C6H14N4O4S3. The van der Waals surface area contributed by atoms with Crippen LogP contribution in [0.5, 0.6) is 0 Å². The Morgan fingerprint density at radius 2 is 1.41 bits per heavy atom. The Bertz CT molecular complexity index is 225. The van der Waals surface area contributed by atoms with Gasteiger partial charge < -0.3 is 8.37 Å². The summed E-state index contributed by atoms with van der Waals surface area (Å²) in [7, 11) is 0. The van der Waals surface area contributed by atoms with Crippen molar-refractivity contribution in [2.45, 2.75) is 12.1 Å². The molecule has 8 nitrogen and oxygen atoms in total. The van der Waals surface area contributed by atoms with Gasteiger partial charge in [-0.1, -0.05) is 0 Å². The highest BCUT2D eigenvalue weighted by molar-refractivity contribution is 7.90. The average Bonchev–Trinajstić information content (AvgIpc) is 2.32. The van der Waals surface area contributed by atoms with E-state index in [4.69, 9.17) is 11.7 Å². The van der Waals surface area contributed by atoms with Gasteiger partial charge in [-0.3, -0.25) is 11.7 Å². The van der Waals surface area contributed by atoms with Gasteiger partial charge in [-0.05, 0) is 0 Å². The summed E-state index contributed by atoms with van der Waals surface area (Å²) in [5.41, 5.74) is 4.37. The monoisotopic (exact) mass is 302 g/mol. The first-order valence-electron chi connectivity index (χ1n) is 4.33. The number of hydrazine groups is 2. The summed E-state index contributed by atoms with van der Waals surface area (Å²) in [6, 6.07) is -1.56. The molecule has 0 aliphatic heterocycles. The van der Waals surface area contributed by atoms with Crippen molar-refractivity contribution in [3.8, 4) is 0 Å². The number of hydrogen-bond donors (Lipinski definition) is 6. The molecule has 0 bridgehead atoms. The quantitative estimate of drug-likeness (QED) is 0.133. The van der Waals surface area contributed by atoms with Crippen molar-refractivity contribution in [1.29, 1.82) is 0 Å². The first-order chi connectivity index (χ1) is 8.10. The Kier molecular flexibility index (Phi) is 9.72. The number of carbonyl (C=O) groups is 2. The zero-order chi connectivity index (χ0) is 13.3. The van der Waals surface area contributed by atoms with Gasteiger partial charge in [0.25, 0.3) is 12.3 Å². The maximum atomic E-state index is 11.2. The van der Waals surface area contributed by atoms with Crippen LogP contribution in [0.25, 0.3) is 0 Å². The highest BCUT2D eigenvalue weighted by Gasteiger charge is 2.21. The van der Waals surface area contributed by atoms with Crippen LogP contribution in [-0.2, 0) is 18.0 Å². The molecule has 0 rings (SSSR count). The molecule has 0 fully saturated rings. The molecule has 11 heteroatoms. The number of thiol groups is 2. The molecule has 0 aromatic carbocycles. The van der Waals surface area contributed by atoms with Gasteiger partial charge in [0.2, 0.25) is 0 Å². The number of nitrogens with one attached hydrogen (secondary N) is 2. The Balaban J connectivity index is 3.90. The van der Waals surface area contributed by atoms with Crippen LogP contribution in [-0.4, -0.2) is 35.5 Å². The van der Waals surface area contributed by atoms with Crippen molar-refractivity contribution < 1.29 is 18.0 Å². The normalized spacial score (nSPS) is 13.9. The SMILES string of the molecule is NN[C@@H](CS)C(=O)OSOC(=O)[C@H](CS)NN. The summed E-state index contributed by atoms with van der Waals surface area (Å²) < 4.78 is 9.09. The lowest BCUT2D eigenvalue weighted by molar-refractivity contribution is -0.137. The minimum atomic E-state index is -0.780. The van der Waals surface area contributed by atoms with E-state index in [0.29, 0.717) is 0 Å². The van der Waals surface area contributed by atoms with Gasteiger partial charge in [-0.25, -0.2) is 20.4 Å². The first kappa shape index (κ1) is 16.8. The molecule has 100 valence electrons. The second-order valence-electron chi connectivity index (χ2n) is 2.68. The van der Waals surface area contributed by atoms with Crippen LogP contribution in [0.4, 0.5) is 0 Å². The summed E-state index contributed by atoms with van der Waals surface area (Å²) in [5, 5.41) is 0. The van der Waals surface area contributed by atoms with Crippen LogP contribution in [0.3, 0.4) is 0 Å². The number of carbonyl (C=O) groups excluding carboxylic acids is 2. The van der Waals surface area contributed by atoms with E-state index in [1.54, 1.807) is 0 Å². The summed E-state index contributed by atoms with van der Waals surface area (Å²) in [5.74, 6) is 8.99. The van der Waals surface area contributed by atoms with Crippen molar-refractivity contribution in [1.82, 2.24) is 10.9 Å². The zero-order valence-corrected chi connectivity index (χ0v) is 11.3. The third-order valence-electron chi connectivity index (χ3n) is 1.57. The molecule has 0 aliphatic rings. The zero-order valence-electron chi connectivity index (χ0n) is 8.66. The van der Waals surface area contributed by atoms with E-state index in [1.807, 2.05) is 0 Å². The van der Waals surface area contributed by atoms with Crippen molar-refractivity contribution in [2.24, 2.45) is 11.7 Å². The maximum Gasteiger partial charge on any atom is 0.340 e. The summed E-state index contributed by atoms with van der Waals surface area (Å²) in [4.78, 5) is 22.4.